The Hall–Kier alpha value is -6.18. The van der Waals surface area contributed by atoms with E-state index < -0.39 is 0 Å². The van der Waals surface area contributed by atoms with E-state index >= 15 is 0 Å². The molecule has 0 saturated heterocycles. The maximum absolute atomic E-state index is 2.49. The van der Waals surface area contributed by atoms with Crippen LogP contribution in [0.3, 0.4) is 0 Å². The molecule has 254 valence electrons. The minimum atomic E-state index is -0.0206. The summed E-state index contributed by atoms with van der Waals surface area (Å²) >= 11 is 0. The Balaban J connectivity index is 1.07. The van der Waals surface area contributed by atoms with Crippen LogP contribution in [0.2, 0.25) is 0 Å². The monoisotopic (exact) mass is 679 g/mol. The summed E-state index contributed by atoms with van der Waals surface area (Å²) in [5, 5.41) is 1.33. The van der Waals surface area contributed by atoms with Crippen molar-refractivity contribution in [1.29, 1.82) is 0 Å². The van der Waals surface area contributed by atoms with Crippen molar-refractivity contribution >= 4 is 17.0 Å². The predicted octanol–water partition coefficient (Wildman–Crippen LogP) is 13.9. The molecule has 0 radical (unpaired) electrons. The Kier molecular flexibility index (Phi) is 7.27. The molecule has 0 spiro atoms. The van der Waals surface area contributed by atoms with E-state index in [9.17, 15) is 0 Å². The molecule has 2 aliphatic rings. The summed E-state index contributed by atoms with van der Waals surface area (Å²) in [7, 11) is 0. The quantitative estimate of drug-likeness (QED) is 0.171. The largest absolute Gasteiger partial charge is 0.310 e. The second kappa shape index (κ2) is 12.2. The summed E-state index contributed by atoms with van der Waals surface area (Å²) in [4.78, 5) is 0. The average Bonchev–Trinajstić information content (AvgIpc) is 3.67. The zero-order valence-electron chi connectivity index (χ0n) is 30.4. The molecule has 2 aliphatic carbocycles. The van der Waals surface area contributed by atoms with Crippen LogP contribution in [0, 0.1) is 0 Å². The molecular formula is C52H41N. The molecule has 0 amide bonds. The number of para-hydroxylation sites is 1. The van der Waals surface area contributed by atoms with Crippen molar-refractivity contribution < 1.29 is 0 Å². The van der Waals surface area contributed by atoms with Crippen molar-refractivity contribution in [2.75, 3.05) is 0 Å². The van der Waals surface area contributed by atoms with Gasteiger partial charge in [0.05, 0.1) is 11.2 Å². The maximum atomic E-state index is 2.49. The van der Waals surface area contributed by atoms with Crippen LogP contribution in [-0.2, 0) is 5.41 Å². The summed E-state index contributed by atoms with van der Waals surface area (Å²) in [5.41, 5.74) is 19.4. The highest BCUT2D eigenvalue weighted by Crippen LogP contribution is 2.50. The second-order valence-electron chi connectivity index (χ2n) is 15.4. The number of aromatic nitrogens is 1. The van der Waals surface area contributed by atoms with Crippen LogP contribution in [0.15, 0.2) is 176 Å². The SMILES string of the molecule is CC1c2c(n(-c3cc(-c4ccccc4)cc(-c4ccccc4)c3)c3ccccc23)C=CC1c1cccc(-c2ccc3c(c2)C(C)(C)c2ccccc2-3)c1. The third-order valence-electron chi connectivity index (χ3n) is 12.0. The molecule has 0 bridgehead atoms. The number of allylic oxidation sites excluding steroid dienone is 1. The molecule has 0 aliphatic heterocycles. The fourth-order valence-corrected chi connectivity index (χ4v) is 9.29. The van der Waals surface area contributed by atoms with Crippen molar-refractivity contribution in [2.24, 2.45) is 0 Å². The van der Waals surface area contributed by atoms with Crippen LogP contribution < -0.4 is 0 Å². The lowest BCUT2D eigenvalue weighted by molar-refractivity contribution is 0.660. The van der Waals surface area contributed by atoms with Crippen LogP contribution in [-0.4, -0.2) is 4.57 Å². The van der Waals surface area contributed by atoms with Crippen LogP contribution in [0.25, 0.3) is 67.2 Å². The lowest BCUT2D eigenvalue weighted by Gasteiger charge is -2.27. The van der Waals surface area contributed by atoms with Crippen LogP contribution >= 0.6 is 0 Å². The molecule has 1 heteroatoms. The lowest BCUT2D eigenvalue weighted by atomic mass is 9.77. The summed E-state index contributed by atoms with van der Waals surface area (Å²) in [5.74, 6) is 0.545. The van der Waals surface area contributed by atoms with Gasteiger partial charge in [-0.2, -0.15) is 0 Å². The van der Waals surface area contributed by atoms with Crippen LogP contribution in [0.4, 0.5) is 0 Å². The molecule has 2 atom stereocenters. The van der Waals surface area contributed by atoms with Gasteiger partial charge in [-0.25, -0.2) is 0 Å². The number of rotatable bonds is 5. The minimum absolute atomic E-state index is 0.0206. The first-order valence-corrected chi connectivity index (χ1v) is 18.9. The number of hydrogen-bond acceptors (Lipinski definition) is 0. The molecule has 0 fully saturated rings. The van der Waals surface area contributed by atoms with Crippen molar-refractivity contribution in [3.05, 3.63) is 204 Å². The van der Waals surface area contributed by atoms with E-state index in [-0.39, 0.29) is 17.3 Å². The third-order valence-corrected chi connectivity index (χ3v) is 12.0. The molecular weight excluding hydrogens is 639 g/mol. The van der Waals surface area contributed by atoms with Gasteiger partial charge in [0.25, 0.3) is 0 Å². The molecule has 8 aromatic rings. The van der Waals surface area contributed by atoms with E-state index in [1.807, 2.05) is 0 Å². The first-order valence-electron chi connectivity index (χ1n) is 18.9. The van der Waals surface area contributed by atoms with Gasteiger partial charge in [-0.05, 0) is 109 Å². The first kappa shape index (κ1) is 31.5. The zero-order chi connectivity index (χ0) is 35.7. The van der Waals surface area contributed by atoms with Crippen LogP contribution in [0.5, 0.6) is 0 Å². The van der Waals surface area contributed by atoms with Gasteiger partial charge in [0.2, 0.25) is 0 Å². The van der Waals surface area contributed by atoms with Gasteiger partial charge >= 0.3 is 0 Å². The lowest BCUT2D eigenvalue weighted by Crippen LogP contribution is -2.14. The van der Waals surface area contributed by atoms with Gasteiger partial charge in [-0.15, -0.1) is 0 Å². The fraction of sp³-hybridized carbons (Fsp3) is 0.115. The molecule has 0 saturated carbocycles. The smallest absolute Gasteiger partial charge is 0.0537 e. The van der Waals surface area contributed by atoms with E-state index in [0.717, 1.165) is 0 Å². The highest BCUT2D eigenvalue weighted by Gasteiger charge is 2.35. The normalized spacial score (nSPS) is 16.7. The zero-order valence-corrected chi connectivity index (χ0v) is 30.4. The topological polar surface area (TPSA) is 4.93 Å². The molecule has 0 N–H and O–H groups in total. The number of benzene rings is 7. The Morgan fingerprint density at radius 3 is 1.87 bits per heavy atom. The van der Waals surface area contributed by atoms with E-state index in [4.69, 9.17) is 0 Å². The average molecular weight is 680 g/mol. The molecule has 7 aromatic carbocycles. The Bertz CT molecular complexity index is 2650. The van der Waals surface area contributed by atoms with Crippen molar-refractivity contribution in [3.8, 4) is 50.2 Å². The molecule has 1 heterocycles. The molecule has 53 heavy (non-hydrogen) atoms. The van der Waals surface area contributed by atoms with E-state index in [0.29, 0.717) is 0 Å². The Labute approximate surface area is 312 Å². The molecule has 10 rings (SSSR count). The first-order chi connectivity index (χ1) is 26.0. The van der Waals surface area contributed by atoms with Gasteiger partial charge in [0.15, 0.2) is 0 Å². The summed E-state index contributed by atoms with van der Waals surface area (Å²) in [6.45, 7) is 7.14. The van der Waals surface area contributed by atoms with E-state index in [1.54, 1.807) is 0 Å². The van der Waals surface area contributed by atoms with E-state index in [1.165, 1.54) is 89.0 Å². The van der Waals surface area contributed by atoms with Crippen molar-refractivity contribution in [2.45, 2.75) is 38.0 Å². The van der Waals surface area contributed by atoms with Crippen molar-refractivity contribution in [1.82, 2.24) is 4.57 Å². The van der Waals surface area contributed by atoms with Crippen LogP contribution in [0.1, 0.15) is 60.6 Å². The second-order valence-corrected chi connectivity index (χ2v) is 15.4. The number of hydrogen-bond donors (Lipinski definition) is 0. The minimum Gasteiger partial charge on any atom is -0.310 e. The van der Waals surface area contributed by atoms with Gasteiger partial charge in [-0.3, -0.25) is 0 Å². The predicted molar refractivity (Wildman–Crippen MR) is 224 cm³/mol. The summed E-state index contributed by atoms with van der Waals surface area (Å²) in [6, 6.07) is 62.8. The summed E-state index contributed by atoms with van der Waals surface area (Å²) in [6.07, 6.45) is 4.84. The van der Waals surface area contributed by atoms with E-state index in [2.05, 4.69) is 207 Å². The number of fused-ring (bicyclic) bond motifs is 6. The van der Waals surface area contributed by atoms with Gasteiger partial charge < -0.3 is 4.57 Å². The highest BCUT2D eigenvalue weighted by molar-refractivity contribution is 5.93. The highest BCUT2D eigenvalue weighted by atomic mass is 15.0. The summed E-state index contributed by atoms with van der Waals surface area (Å²) < 4.78 is 2.49. The number of nitrogens with zero attached hydrogens (tertiary/aromatic N) is 1. The fourth-order valence-electron chi connectivity index (χ4n) is 9.29. The Morgan fingerprint density at radius 2 is 1.11 bits per heavy atom. The van der Waals surface area contributed by atoms with Gasteiger partial charge in [0, 0.05) is 22.4 Å². The Morgan fingerprint density at radius 1 is 0.491 bits per heavy atom. The van der Waals surface area contributed by atoms with Crippen molar-refractivity contribution in [3.63, 3.8) is 0 Å². The molecule has 2 unspecified atom stereocenters. The van der Waals surface area contributed by atoms with Gasteiger partial charge in [-0.1, -0.05) is 166 Å². The molecule has 1 aromatic heterocycles. The van der Waals surface area contributed by atoms with Gasteiger partial charge in [0.1, 0.15) is 0 Å². The molecule has 1 nitrogen and oxygen atoms in total. The standard InChI is InChI=1S/C52H41N/c1-34-43(39-20-14-19-37(29-39)38-25-26-45-44-21-10-12-23-47(44)52(2,3)48(45)33-38)27-28-50-51(34)46-22-11-13-24-49(46)53(50)42-31-40(35-15-6-4-7-16-35)30-41(32-42)36-17-8-5-9-18-36/h4-34,43H,1-3H3. The third kappa shape index (κ3) is 5.06. The maximum Gasteiger partial charge on any atom is 0.0537 e.